The van der Waals surface area contributed by atoms with E-state index in [2.05, 4.69) is 62.7 Å². The van der Waals surface area contributed by atoms with Crippen LogP contribution in [0, 0.1) is 0 Å². The molecule has 1 atom stereocenters. The zero-order valence-corrected chi connectivity index (χ0v) is 17.4. The first kappa shape index (κ1) is 20.0. The third-order valence-corrected chi connectivity index (χ3v) is 5.43. The standard InChI is InChI=1S/C25H28N4O/c1-26-25(29-15-13-22(18-29)21-9-3-2-4-10-21)28-17-20-8-7-12-24(16-20)30-19-23-11-5-6-14-27-23/h2-12,14,16,22H,13,15,17-19H2,1H3,(H,26,28). The molecule has 0 aliphatic carbocycles. The largest absolute Gasteiger partial charge is 0.487 e. The van der Waals surface area contributed by atoms with Gasteiger partial charge in [-0.1, -0.05) is 48.5 Å². The molecule has 0 bridgehead atoms. The summed E-state index contributed by atoms with van der Waals surface area (Å²) in [4.78, 5) is 11.2. The van der Waals surface area contributed by atoms with Crippen LogP contribution in [-0.2, 0) is 13.2 Å². The van der Waals surface area contributed by atoms with Crippen LogP contribution in [0.5, 0.6) is 5.75 Å². The van der Waals surface area contributed by atoms with E-state index >= 15 is 0 Å². The molecule has 4 rings (SSSR count). The third kappa shape index (κ3) is 5.17. The molecule has 0 saturated carbocycles. The summed E-state index contributed by atoms with van der Waals surface area (Å²) >= 11 is 0. The van der Waals surface area contributed by atoms with Gasteiger partial charge in [-0.05, 0) is 41.8 Å². The summed E-state index contributed by atoms with van der Waals surface area (Å²) in [6, 6.07) is 24.8. The van der Waals surface area contributed by atoms with E-state index in [9.17, 15) is 0 Å². The number of hydrogen-bond acceptors (Lipinski definition) is 3. The minimum absolute atomic E-state index is 0.466. The maximum atomic E-state index is 5.90. The zero-order chi connectivity index (χ0) is 20.6. The van der Waals surface area contributed by atoms with Gasteiger partial charge in [0.05, 0.1) is 5.69 Å². The number of pyridine rings is 1. The highest BCUT2D eigenvalue weighted by atomic mass is 16.5. The van der Waals surface area contributed by atoms with Crippen molar-refractivity contribution in [2.75, 3.05) is 20.1 Å². The molecular weight excluding hydrogens is 372 g/mol. The Kier molecular flexibility index (Phi) is 6.60. The van der Waals surface area contributed by atoms with Crippen molar-refractivity contribution in [3.63, 3.8) is 0 Å². The topological polar surface area (TPSA) is 49.8 Å². The molecule has 0 spiro atoms. The number of guanidine groups is 1. The number of likely N-dealkylation sites (tertiary alicyclic amines) is 1. The second-order valence-electron chi connectivity index (χ2n) is 7.50. The van der Waals surface area contributed by atoms with E-state index in [4.69, 9.17) is 4.74 Å². The van der Waals surface area contributed by atoms with E-state index in [1.54, 1.807) is 6.20 Å². The number of rotatable bonds is 6. The van der Waals surface area contributed by atoms with Crippen LogP contribution in [0.2, 0.25) is 0 Å². The fraction of sp³-hybridized carbons (Fsp3) is 0.280. The number of benzene rings is 2. The Labute approximate surface area is 178 Å². The molecule has 30 heavy (non-hydrogen) atoms. The van der Waals surface area contributed by atoms with Crippen LogP contribution in [-0.4, -0.2) is 36.0 Å². The Morgan fingerprint density at radius 2 is 1.97 bits per heavy atom. The normalized spacial score (nSPS) is 16.5. The highest BCUT2D eigenvalue weighted by Crippen LogP contribution is 2.27. The van der Waals surface area contributed by atoms with E-state index < -0.39 is 0 Å². The van der Waals surface area contributed by atoms with Crippen molar-refractivity contribution in [3.05, 3.63) is 95.8 Å². The van der Waals surface area contributed by atoms with Gasteiger partial charge in [-0.15, -0.1) is 0 Å². The van der Waals surface area contributed by atoms with E-state index in [1.165, 1.54) is 5.56 Å². The summed E-state index contributed by atoms with van der Waals surface area (Å²) in [6.45, 7) is 3.19. The molecule has 1 saturated heterocycles. The molecule has 1 aliphatic rings. The van der Waals surface area contributed by atoms with Gasteiger partial charge >= 0.3 is 0 Å². The maximum absolute atomic E-state index is 5.90. The first-order valence-corrected chi connectivity index (χ1v) is 10.4. The Bertz CT molecular complexity index is 959. The fourth-order valence-electron chi connectivity index (χ4n) is 3.85. The Balaban J connectivity index is 1.31. The van der Waals surface area contributed by atoms with E-state index in [-0.39, 0.29) is 0 Å². The van der Waals surface area contributed by atoms with Crippen molar-refractivity contribution < 1.29 is 4.74 Å². The predicted molar refractivity (Wildman–Crippen MR) is 121 cm³/mol. The molecule has 1 aromatic heterocycles. The lowest BCUT2D eigenvalue weighted by Crippen LogP contribution is -2.39. The van der Waals surface area contributed by atoms with E-state index in [1.807, 2.05) is 37.4 Å². The van der Waals surface area contributed by atoms with Gasteiger partial charge in [0.1, 0.15) is 12.4 Å². The summed E-state index contributed by atoms with van der Waals surface area (Å²) in [5.74, 6) is 2.36. The summed E-state index contributed by atoms with van der Waals surface area (Å²) in [6.07, 6.45) is 2.94. The number of ether oxygens (including phenoxy) is 1. The van der Waals surface area contributed by atoms with Crippen LogP contribution in [0.15, 0.2) is 84.0 Å². The third-order valence-electron chi connectivity index (χ3n) is 5.43. The Morgan fingerprint density at radius 1 is 1.10 bits per heavy atom. The number of nitrogens with zero attached hydrogens (tertiary/aromatic N) is 3. The van der Waals surface area contributed by atoms with Gasteiger partial charge in [-0.2, -0.15) is 0 Å². The molecular formula is C25H28N4O. The first-order chi connectivity index (χ1) is 14.8. The Morgan fingerprint density at radius 3 is 2.77 bits per heavy atom. The molecule has 1 aliphatic heterocycles. The first-order valence-electron chi connectivity index (χ1n) is 10.4. The summed E-state index contributed by atoms with van der Waals surface area (Å²) in [5.41, 5.74) is 3.49. The summed E-state index contributed by atoms with van der Waals surface area (Å²) in [7, 11) is 1.85. The summed E-state index contributed by atoms with van der Waals surface area (Å²) < 4.78 is 5.90. The molecule has 2 heterocycles. The minimum Gasteiger partial charge on any atom is -0.487 e. The number of hydrogen-bond donors (Lipinski definition) is 1. The summed E-state index contributed by atoms with van der Waals surface area (Å²) in [5, 5.41) is 3.51. The molecule has 5 nitrogen and oxygen atoms in total. The minimum atomic E-state index is 0.466. The average Bonchev–Trinajstić information content (AvgIpc) is 3.30. The molecule has 3 aromatic rings. The van der Waals surface area contributed by atoms with Gasteiger partial charge < -0.3 is 15.0 Å². The highest BCUT2D eigenvalue weighted by molar-refractivity contribution is 5.80. The average molecular weight is 401 g/mol. The van der Waals surface area contributed by atoms with E-state index in [0.29, 0.717) is 19.1 Å². The monoisotopic (exact) mass is 400 g/mol. The van der Waals surface area contributed by atoms with Crippen molar-refractivity contribution in [1.29, 1.82) is 0 Å². The van der Waals surface area contributed by atoms with Crippen LogP contribution in [0.4, 0.5) is 0 Å². The highest BCUT2D eigenvalue weighted by Gasteiger charge is 2.25. The molecule has 1 N–H and O–H groups in total. The van der Waals surface area contributed by atoms with Crippen molar-refractivity contribution in [3.8, 4) is 5.75 Å². The SMILES string of the molecule is CN=C(NCc1cccc(OCc2ccccn2)c1)N1CCC(c2ccccc2)C1. The van der Waals surface area contributed by atoms with Crippen molar-refractivity contribution in [2.45, 2.75) is 25.5 Å². The second-order valence-corrected chi connectivity index (χ2v) is 7.50. The fourth-order valence-corrected chi connectivity index (χ4v) is 3.85. The van der Waals surface area contributed by atoms with Crippen LogP contribution in [0.25, 0.3) is 0 Å². The molecule has 0 radical (unpaired) electrons. The predicted octanol–water partition coefficient (Wildman–Crippen LogP) is 4.23. The van der Waals surface area contributed by atoms with E-state index in [0.717, 1.165) is 42.5 Å². The van der Waals surface area contributed by atoms with Crippen LogP contribution in [0.3, 0.4) is 0 Å². The van der Waals surface area contributed by atoms with Crippen LogP contribution in [0.1, 0.15) is 29.2 Å². The van der Waals surface area contributed by atoms with Crippen LogP contribution < -0.4 is 10.1 Å². The molecule has 2 aromatic carbocycles. The number of aliphatic imine (C=N–C) groups is 1. The van der Waals surface area contributed by atoms with Gasteiger partial charge in [0.25, 0.3) is 0 Å². The number of nitrogens with one attached hydrogen (secondary N) is 1. The van der Waals surface area contributed by atoms with Gasteiger partial charge in [-0.3, -0.25) is 9.98 Å². The molecule has 0 amide bonds. The molecule has 1 fully saturated rings. The molecule has 1 unspecified atom stereocenters. The van der Waals surface area contributed by atoms with Crippen molar-refractivity contribution >= 4 is 5.96 Å². The lowest BCUT2D eigenvalue weighted by Gasteiger charge is -2.22. The Hall–Kier alpha value is -3.34. The quantitative estimate of drug-likeness (QED) is 0.497. The molecule has 154 valence electrons. The second kappa shape index (κ2) is 9.92. The van der Waals surface area contributed by atoms with Gasteiger partial charge in [0.15, 0.2) is 5.96 Å². The molecule has 5 heteroatoms. The van der Waals surface area contributed by atoms with Gasteiger partial charge in [0.2, 0.25) is 0 Å². The van der Waals surface area contributed by atoms with Gasteiger partial charge in [-0.25, -0.2) is 0 Å². The van der Waals surface area contributed by atoms with Crippen molar-refractivity contribution in [1.82, 2.24) is 15.2 Å². The maximum Gasteiger partial charge on any atom is 0.193 e. The number of aromatic nitrogens is 1. The van der Waals surface area contributed by atoms with Crippen LogP contribution >= 0.6 is 0 Å². The lowest BCUT2D eigenvalue weighted by atomic mass is 9.99. The van der Waals surface area contributed by atoms with Crippen molar-refractivity contribution in [2.24, 2.45) is 4.99 Å². The lowest BCUT2D eigenvalue weighted by molar-refractivity contribution is 0.301. The van der Waals surface area contributed by atoms with Gasteiger partial charge in [0, 0.05) is 38.8 Å². The smallest absolute Gasteiger partial charge is 0.193 e. The zero-order valence-electron chi connectivity index (χ0n) is 17.4.